The molecule has 1 N–H and O–H groups in total. The fraction of sp³-hybridized carbons (Fsp3) is 0.100. The molecule has 0 heterocycles. The van der Waals surface area contributed by atoms with E-state index in [0.29, 0.717) is 0 Å². The van der Waals surface area contributed by atoms with E-state index in [0.717, 1.165) is 22.5 Å². The number of rotatable bonds is 3. The molecule has 0 aliphatic rings. The Labute approximate surface area is 137 Å². The second-order valence-corrected chi connectivity index (χ2v) is 4.92. The molecule has 0 fully saturated rings. The summed E-state index contributed by atoms with van der Waals surface area (Å²) < 4.78 is 0. The fourth-order valence-electron chi connectivity index (χ4n) is 2.03. The van der Waals surface area contributed by atoms with Crippen LogP contribution in [0.15, 0.2) is 95.2 Å². The second kappa shape index (κ2) is 9.28. The Morgan fingerprint density at radius 3 is 1.78 bits per heavy atom. The molecule has 3 heteroatoms. The summed E-state index contributed by atoms with van der Waals surface area (Å²) in [5.74, 6) is 0. The van der Waals surface area contributed by atoms with Crippen molar-refractivity contribution >= 4 is 11.4 Å². The van der Waals surface area contributed by atoms with Crippen LogP contribution in [-0.2, 0) is 0 Å². The van der Waals surface area contributed by atoms with Crippen LogP contribution in [0.1, 0.15) is 0 Å². The maximum atomic E-state index is 4.38. The zero-order chi connectivity index (χ0) is 16.3. The van der Waals surface area contributed by atoms with E-state index in [-0.39, 0.29) is 0 Å². The molecular weight excluding hydrogens is 282 g/mol. The van der Waals surface area contributed by atoms with E-state index in [1.165, 1.54) is 0 Å². The van der Waals surface area contributed by atoms with Crippen LogP contribution in [0.5, 0.6) is 0 Å². The summed E-state index contributed by atoms with van der Waals surface area (Å²) >= 11 is 0. The first kappa shape index (κ1) is 16.6. The van der Waals surface area contributed by atoms with E-state index in [1.807, 2.05) is 80.8 Å². The van der Waals surface area contributed by atoms with Crippen molar-refractivity contribution in [1.82, 2.24) is 5.32 Å². The van der Waals surface area contributed by atoms with Gasteiger partial charge in [0.15, 0.2) is 0 Å². The Morgan fingerprint density at radius 1 is 0.609 bits per heavy atom. The quantitative estimate of drug-likeness (QED) is 0.628. The lowest BCUT2D eigenvalue weighted by Crippen LogP contribution is -1.89. The lowest BCUT2D eigenvalue weighted by atomic mass is 10.0. The lowest BCUT2D eigenvalue weighted by Gasteiger charge is -2.04. The summed E-state index contributed by atoms with van der Waals surface area (Å²) in [6.07, 6.45) is 0. The maximum Gasteiger partial charge on any atom is 0.0935 e. The van der Waals surface area contributed by atoms with Crippen molar-refractivity contribution in [3.05, 3.63) is 84.9 Å². The van der Waals surface area contributed by atoms with Gasteiger partial charge in [-0.3, -0.25) is 0 Å². The normalized spacial score (nSPS) is 10.2. The van der Waals surface area contributed by atoms with Crippen molar-refractivity contribution in [3.8, 4) is 11.1 Å². The summed E-state index contributed by atoms with van der Waals surface area (Å²) in [6, 6.07) is 28.0. The number of nitrogens with zero attached hydrogens (tertiary/aromatic N) is 2. The van der Waals surface area contributed by atoms with Crippen molar-refractivity contribution in [3.63, 3.8) is 0 Å². The molecule has 0 atom stereocenters. The zero-order valence-corrected chi connectivity index (χ0v) is 13.5. The molecule has 0 bridgehead atoms. The van der Waals surface area contributed by atoms with Gasteiger partial charge in [-0.2, -0.15) is 5.11 Å². The predicted octanol–water partition coefficient (Wildman–Crippen LogP) is 5.60. The molecule has 116 valence electrons. The molecule has 0 saturated carbocycles. The van der Waals surface area contributed by atoms with Crippen molar-refractivity contribution in [1.29, 1.82) is 0 Å². The Morgan fingerprint density at radius 2 is 1.13 bits per heavy atom. The van der Waals surface area contributed by atoms with Gasteiger partial charge >= 0.3 is 0 Å². The van der Waals surface area contributed by atoms with E-state index in [4.69, 9.17) is 0 Å². The summed E-state index contributed by atoms with van der Waals surface area (Å²) in [7, 11) is 3.75. The molecule has 3 aromatic rings. The van der Waals surface area contributed by atoms with E-state index in [9.17, 15) is 0 Å². The average molecular weight is 303 g/mol. The van der Waals surface area contributed by atoms with Crippen molar-refractivity contribution in [2.24, 2.45) is 10.2 Å². The number of nitrogens with one attached hydrogen (secondary N) is 1. The SMILES string of the molecule is CNC.c1ccc(N=Nc2ccccc2-c2ccccc2)cc1. The third-order valence-electron chi connectivity index (χ3n) is 3.02. The number of hydrogen-bond acceptors (Lipinski definition) is 3. The van der Waals surface area contributed by atoms with Crippen LogP contribution in [0.3, 0.4) is 0 Å². The van der Waals surface area contributed by atoms with E-state index in [2.05, 4.69) is 33.7 Å². The van der Waals surface area contributed by atoms with E-state index < -0.39 is 0 Å². The number of benzene rings is 3. The van der Waals surface area contributed by atoms with Gasteiger partial charge in [0.05, 0.1) is 11.4 Å². The lowest BCUT2D eigenvalue weighted by molar-refractivity contribution is 1.02. The first-order valence-corrected chi connectivity index (χ1v) is 7.55. The molecule has 23 heavy (non-hydrogen) atoms. The van der Waals surface area contributed by atoms with Gasteiger partial charge in [-0.05, 0) is 37.9 Å². The minimum atomic E-state index is 0.857. The molecule has 3 nitrogen and oxygen atoms in total. The Bertz CT molecular complexity index is 722. The molecular formula is C20H21N3. The van der Waals surface area contributed by atoms with Gasteiger partial charge in [0, 0.05) is 5.56 Å². The molecule has 0 spiro atoms. The van der Waals surface area contributed by atoms with Gasteiger partial charge in [-0.25, -0.2) is 0 Å². The van der Waals surface area contributed by atoms with Crippen LogP contribution < -0.4 is 5.32 Å². The molecule has 0 amide bonds. The third kappa shape index (κ3) is 5.16. The highest BCUT2D eigenvalue weighted by molar-refractivity contribution is 5.75. The highest BCUT2D eigenvalue weighted by Gasteiger charge is 2.02. The summed E-state index contributed by atoms with van der Waals surface area (Å²) in [5.41, 5.74) is 3.97. The molecule has 0 aromatic heterocycles. The summed E-state index contributed by atoms with van der Waals surface area (Å²) in [4.78, 5) is 0. The predicted molar refractivity (Wildman–Crippen MR) is 97.5 cm³/mol. The first-order valence-electron chi connectivity index (χ1n) is 7.55. The number of azo groups is 1. The molecule has 3 aromatic carbocycles. The first-order chi connectivity index (χ1) is 11.3. The fourth-order valence-corrected chi connectivity index (χ4v) is 2.03. The monoisotopic (exact) mass is 303 g/mol. The van der Waals surface area contributed by atoms with Gasteiger partial charge in [-0.15, -0.1) is 5.11 Å². The Balaban J connectivity index is 0.000000595. The highest BCUT2D eigenvalue weighted by Crippen LogP contribution is 2.30. The van der Waals surface area contributed by atoms with Crippen LogP contribution in [-0.4, -0.2) is 14.1 Å². The minimum absolute atomic E-state index is 0.857. The molecule has 0 aliphatic carbocycles. The summed E-state index contributed by atoms with van der Waals surface area (Å²) in [6.45, 7) is 0. The number of hydrogen-bond donors (Lipinski definition) is 1. The molecule has 0 radical (unpaired) electrons. The molecule has 0 unspecified atom stereocenters. The third-order valence-corrected chi connectivity index (χ3v) is 3.02. The molecule has 0 aliphatic heterocycles. The van der Waals surface area contributed by atoms with Crippen LogP contribution in [0.25, 0.3) is 11.1 Å². The van der Waals surface area contributed by atoms with Crippen LogP contribution in [0, 0.1) is 0 Å². The van der Waals surface area contributed by atoms with Crippen molar-refractivity contribution in [2.75, 3.05) is 14.1 Å². The minimum Gasteiger partial charge on any atom is -0.323 e. The Hall–Kier alpha value is -2.78. The molecule has 0 saturated heterocycles. The summed E-state index contributed by atoms with van der Waals surface area (Å²) in [5, 5.41) is 11.4. The van der Waals surface area contributed by atoms with Gasteiger partial charge in [0.25, 0.3) is 0 Å². The van der Waals surface area contributed by atoms with Gasteiger partial charge in [0.1, 0.15) is 0 Å². The van der Waals surface area contributed by atoms with Crippen LogP contribution in [0.4, 0.5) is 11.4 Å². The largest absolute Gasteiger partial charge is 0.323 e. The van der Waals surface area contributed by atoms with E-state index in [1.54, 1.807) is 0 Å². The maximum absolute atomic E-state index is 4.38. The van der Waals surface area contributed by atoms with Gasteiger partial charge in [0.2, 0.25) is 0 Å². The van der Waals surface area contributed by atoms with Crippen LogP contribution in [0.2, 0.25) is 0 Å². The van der Waals surface area contributed by atoms with Gasteiger partial charge < -0.3 is 5.32 Å². The average Bonchev–Trinajstić information content (AvgIpc) is 2.63. The Kier molecular flexibility index (Phi) is 6.69. The van der Waals surface area contributed by atoms with Crippen molar-refractivity contribution in [2.45, 2.75) is 0 Å². The highest BCUT2D eigenvalue weighted by atomic mass is 15.1. The second-order valence-electron chi connectivity index (χ2n) is 4.92. The standard InChI is InChI=1S/C18H14N2.C2H7N/c1-3-9-15(10-4-1)17-13-7-8-14-18(17)20-19-16-11-5-2-6-12-16;1-3-2/h1-14H;3H,1-2H3. The van der Waals surface area contributed by atoms with E-state index >= 15 is 0 Å². The molecule has 3 rings (SSSR count). The topological polar surface area (TPSA) is 36.8 Å². The van der Waals surface area contributed by atoms with Crippen molar-refractivity contribution < 1.29 is 0 Å². The van der Waals surface area contributed by atoms with Gasteiger partial charge in [-0.1, -0.05) is 66.7 Å². The smallest absolute Gasteiger partial charge is 0.0935 e. The van der Waals surface area contributed by atoms with Crippen LogP contribution >= 0.6 is 0 Å². The zero-order valence-electron chi connectivity index (χ0n) is 13.5.